The molecule has 1 saturated heterocycles. The Morgan fingerprint density at radius 3 is 2.47 bits per heavy atom. The number of ether oxygens (including phenoxy) is 1. The SMILES string of the molecule is O=C(Nc1ccccc1F)c1cc(C2CCN(C(=O)COc3ccccc3F)CC2)[nH]n1. The van der Waals surface area contributed by atoms with Crippen LogP contribution in [0.1, 0.15) is 34.9 Å². The molecule has 4 rings (SSSR count). The molecular weight excluding hydrogens is 418 g/mol. The highest BCUT2D eigenvalue weighted by atomic mass is 19.1. The number of carbonyl (C=O) groups is 2. The Morgan fingerprint density at radius 2 is 1.75 bits per heavy atom. The molecule has 0 radical (unpaired) electrons. The fraction of sp³-hybridized carbons (Fsp3) is 0.261. The van der Waals surface area contributed by atoms with Crippen LogP contribution in [0.15, 0.2) is 54.6 Å². The van der Waals surface area contributed by atoms with Gasteiger partial charge >= 0.3 is 0 Å². The van der Waals surface area contributed by atoms with E-state index in [-0.39, 0.29) is 35.6 Å². The van der Waals surface area contributed by atoms with E-state index in [0.29, 0.717) is 25.9 Å². The van der Waals surface area contributed by atoms with Crippen molar-refractivity contribution in [1.29, 1.82) is 0 Å². The molecule has 166 valence electrons. The van der Waals surface area contributed by atoms with Crippen molar-refractivity contribution in [2.24, 2.45) is 0 Å². The predicted octanol–water partition coefficient (Wildman–Crippen LogP) is 3.73. The summed E-state index contributed by atoms with van der Waals surface area (Å²) in [6.07, 6.45) is 1.37. The third-order valence-electron chi connectivity index (χ3n) is 5.43. The fourth-order valence-corrected chi connectivity index (χ4v) is 3.64. The standard InChI is InChI=1S/C23H22F2N4O3/c24-16-5-1-3-7-18(16)26-23(31)20-13-19(27-28-20)15-9-11-29(12-10-15)22(30)14-32-21-8-4-2-6-17(21)25/h1-8,13,15H,9-12,14H2,(H,26,31)(H,27,28). The lowest BCUT2D eigenvalue weighted by atomic mass is 9.93. The second-order valence-electron chi connectivity index (χ2n) is 7.52. The lowest BCUT2D eigenvalue weighted by Crippen LogP contribution is -2.40. The van der Waals surface area contributed by atoms with Crippen molar-refractivity contribution in [3.05, 3.63) is 77.6 Å². The summed E-state index contributed by atoms with van der Waals surface area (Å²) in [7, 11) is 0. The normalized spacial score (nSPS) is 14.2. The van der Waals surface area contributed by atoms with Crippen LogP contribution in [-0.2, 0) is 4.79 Å². The predicted molar refractivity (Wildman–Crippen MR) is 113 cm³/mol. The molecule has 0 atom stereocenters. The number of carbonyl (C=O) groups excluding carboxylic acids is 2. The first-order valence-corrected chi connectivity index (χ1v) is 10.3. The van der Waals surface area contributed by atoms with Crippen molar-refractivity contribution >= 4 is 17.5 Å². The molecule has 1 aromatic heterocycles. The molecule has 2 N–H and O–H groups in total. The molecule has 2 amide bonds. The van der Waals surface area contributed by atoms with Crippen LogP contribution < -0.4 is 10.1 Å². The summed E-state index contributed by atoms with van der Waals surface area (Å²) in [6, 6.07) is 13.5. The number of anilines is 1. The smallest absolute Gasteiger partial charge is 0.276 e. The number of nitrogens with zero attached hydrogens (tertiary/aromatic N) is 2. The number of hydrogen-bond acceptors (Lipinski definition) is 4. The van der Waals surface area contributed by atoms with Gasteiger partial charge in [0.2, 0.25) is 0 Å². The molecule has 2 aromatic carbocycles. The Balaban J connectivity index is 1.28. The van der Waals surface area contributed by atoms with Crippen LogP contribution in [0.25, 0.3) is 0 Å². The van der Waals surface area contributed by atoms with Crippen LogP contribution >= 0.6 is 0 Å². The van der Waals surface area contributed by atoms with Crippen LogP contribution in [0.2, 0.25) is 0 Å². The van der Waals surface area contributed by atoms with Gasteiger partial charge < -0.3 is 15.0 Å². The van der Waals surface area contributed by atoms with Gasteiger partial charge in [0.15, 0.2) is 23.9 Å². The number of amides is 2. The maximum Gasteiger partial charge on any atom is 0.276 e. The molecule has 0 aliphatic carbocycles. The number of aromatic amines is 1. The van der Waals surface area contributed by atoms with E-state index in [2.05, 4.69) is 15.5 Å². The minimum atomic E-state index is -0.521. The lowest BCUT2D eigenvalue weighted by molar-refractivity contribution is -0.134. The van der Waals surface area contributed by atoms with Crippen molar-refractivity contribution in [3.63, 3.8) is 0 Å². The molecule has 3 aromatic rings. The Bertz CT molecular complexity index is 1110. The molecule has 0 bridgehead atoms. The second kappa shape index (κ2) is 9.59. The van der Waals surface area contributed by atoms with Crippen LogP contribution in [0.3, 0.4) is 0 Å². The van der Waals surface area contributed by atoms with Gasteiger partial charge in [0, 0.05) is 24.7 Å². The maximum atomic E-state index is 13.7. The average Bonchev–Trinajstić information content (AvgIpc) is 3.30. The van der Waals surface area contributed by atoms with Gasteiger partial charge in [-0.2, -0.15) is 5.10 Å². The number of nitrogens with one attached hydrogen (secondary N) is 2. The largest absolute Gasteiger partial charge is 0.481 e. The fourth-order valence-electron chi connectivity index (χ4n) is 3.64. The van der Waals surface area contributed by atoms with Gasteiger partial charge in [0.25, 0.3) is 11.8 Å². The summed E-state index contributed by atoms with van der Waals surface area (Å²) in [5.41, 5.74) is 1.05. The highest BCUT2D eigenvalue weighted by molar-refractivity contribution is 6.03. The van der Waals surface area contributed by atoms with E-state index >= 15 is 0 Å². The Kier molecular flexibility index (Phi) is 6.44. The van der Waals surface area contributed by atoms with Crippen LogP contribution in [0, 0.1) is 11.6 Å². The van der Waals surface area contributed by atoms with E-state index in [1.807, 2.05) is 0 Å². The monoisotopic (exact) mass is 440 g/mol. The lowest BCUT2D eigenvalue weighted by Gasteiger charge is -2.31. The maximum absolute atomic E-state index is 13.7. The van der Waals surface area contributed by atoms with E-state index in [1.165, 1.54) is 24.3 Å². The molecule has 9 heteroatoms. The first-order chi connectivity index (χ1) is 15.5. The molecule has 0 unspecified atom stereocenters. The number of aromatic nitrogens is 2. The van der Waals surface area contributed by atoms with E-state index in [0.717, 1.165) is 5.69 Å². The molecule has 0 saturated carbocycles. The summed E-state index contributed by atoms with van der Waals surface area (Å²) in [5.74, 6) is -1.58. The number of benzene rings is 2. The van der Waals surface area contributed by atoms with Crippen molar-refractivity contribution < 1.29 is 23.1 Å². The van der Waals surface area contributed by atoms with Gasteiger partial charge in [0.05, 0.1) is 5.69 Å². The summed E-state index contributed by atoms with van der Waals surface area (Å²) in [6.45, 7) is 0.801. The molecule has 32 heavy (non-hydrogen) atoms. The molecular formula is C23H22F2N4O3. The number of rotatable bonds is 6. The number of halogens is 2. The zero-order valence-electron chi connectivity index (χ0n) is 17.2. The minimum absolute atomic E-state index is 0.0504. The number of H-pyrrole nitrogens is 1. The Hall–Kier alpha value is -3.75. The van der Waals surface area contributed by atoms with Crippen molar-refractivity contribution in [3.8, 4) is 5.75 Å². The quantitative estimate of drug-likeness (QED) is 0.612. The topological polar surface area (TPSA) is 87.3 Å². The average molecular weight is 440 g/mol. The molecule has 0 spiro atoms. The highest BCUT2D eigenvalue weighted by Gasteiger charge is 2.26. The van der Waals surface area contributed by atoms with Crippen LogP contribution in [-0.4, -0.2) is 46.6 Å². The Morgan fingerprint density at radius 1 is 1.06 bits per heavy atom. The number of likely N-dealkylation sites (tertiary alicyclic amines) is 1. The third kappa shape index (κ3) is 4.93. The van der Waals surface area contributed by atoms with E-state index in [4.69, 9.17) is 4.74 Å². The zero-order chi connectivity index (χ0) is 22.5. The summed E-state index contributed by atoms with van der Waals surface area (Å²) in [5, 5.41) is 9.43. The zero-order valence-corrected chi connectivity index (χ0v) is 17.2. The molecule has 7 nitrogen and oxygen atoms in total. The molecule has 2 heterocycles. The van der Waals surface area contributed by atoms with E-state index in [1.54, 1.807) is 35.2 Å². The Labute approximate surface area is 183 Å². The number of para-hydroxylation sites is 2. The number of hydrogen-bond donors (Lipinski definition) is 2. The minimum Gasteiger partial charge on any atom is -0.481 e. The van der Waals surface area contributed by atoms with Crippen molar-refractivity contribution in [2.75, 3.05) is 25.0 Å². The summed E-state index contributed by atoms with van der Waals surface area (Å²) in [4.78, 5) is 26.4. The first kappa shape index (κ1) is 21.5. The van der Waals surface area contributed by atoms with Gasteiger partial charge in [0.1, 0.15) is 5.82 Å². The van der Waals surface area contributed by atoms with Crippen LogP contribution in [0.5, 0.6) is 5.75 Å². The number of piperidine rings is 1. The molecule has 1 aliphatic heterocycles. The van der Waals surface area contributed by atoms with Crippen molar-refractivity contribution in [2.45, 2.75) is 18.8 Å². The second-order valence-corrected chi connectivity index (χ2v) is 7.52. The van der Waals surface area contributed by atoms with Crippen molar-refractivity contribution in [1.82, 2.24) is 15.1 Å². The highest BCUT2D eigenvalue weighted by Crippen LogP contribution is 2.27. The third-order valence-corrected chi connectivity index (χ3v) is 5.43. The van der Waals surface area contributed by atoms with Gasteiger partial charge in [-0.05, 0) is 43.2 Å². The first-order valence-electron chi connectivity index (χ1n) is 10.3. The van der Waals surface area contributed by atoms with E-state index < -0.39 is 17.5 Å². The summed E-state index contributed by atoms with van der Waals surface area (Å²) >= 11 is 0. The van der Waals surface area contributed by atoms with Gasteiger partial charge in [-0.25, -0.2) is 8.78 Å². The summed E-state index contributed by atoms with van der Waals surface area (Å²) < 4.78 is 32.6. The van der Waals surface area contributed by atoms with Gasteiger partial charge in [-0.1, -0.05) is 24.3 Å². The molecule has 1 fully saturated rings. The van der Waals surface area contributed by atoms with Gasteiger partial charge in [-0.15, -0.1) is 0 Å². The molecule has 1 aliphatic rings. The van der Waals surface area contributed by atoms with Crippen LogP contribution in [0.4, 0.5) is 14.5 Å². The van der Waals surface area contributed by atoms with Gasteiger partial charge in [-0.3, -0.25) is 14.7 Å². The van der Waals surface area contributed by atoms with E-state index in [9.17, 15) is 18.4 Å².